The molecule has 2 aliphatic rings. The van der Waals surface area contributed by atoms with Crippen molar-refractivity contribution in [2.75, 3.05) is 6.54 Å². The lowest BCUT2D eigenvalue weighted by Crippen LogP contribution is -2.38. The number of fused-ring (bicyclic) bond motifs is 1. The molecule has 41 heavy (non-hydrogen) atoms. The van der Waals surface area contributed by atoms with E-state index >= 15 is 0 Å². The SMILES string of the molecule is CC1=C(C(=O)OC(C)C)C(c2cccc(Oc3ccccc3)c2)N2C(CC(=O)NCCc3ccccn3)=CSC2=N1. The zero-order chi connectivity index (χ0) is 28.8. The molecule has 210 valence electrons. The lowest BCUT2D eigenvalue weighted by Gasteiger charge is -2.36. The number of rotatable bonds is 10. The number of aliphatic imine (C=N–C) groups is 1. The smallest absolute Gasteiger partial charge is 0.338 e. The molecular formula is C32H32N4O4S. The summed E-state index contributed by atoms with van der Waals surface area (Å²) in [5.41, 5.74) is 3.52. The topological polar surface area (TPSA) is 93.1 Å². The Balaban J connectivity index is 1.41. The third-order valence-corrected chi connectivity index (χ3v) is 7.38. The van der Waals surface area contributed by atoms with Gasteiger partial charge in [0.15, 0.2) is 5.17 Å². The summed E-state index contributed by atoms with van der Waals surface area (Å²) in [6, 6.07) is 22.4. The molecule has 1 unspecified atom stereocenters. The molecule has 2 aromatic carbocycles. The highest BCUT2D eigenvalue weighted by Gasteiger charge is 2.41. The maximum absolute atomic E-state index is 13.5. The molecule has 1 N–H and O–H groups in total. The van der Waals surface area contributed by atoms with Gasteiger partial charge in [-0.15, -0.1) is 0 Å². The first-order chi connectivity index (χ1) is 19.9. The lowest BCUT2D eigenvalue weighted by atomic mass is 9.93. The number of nitrogens with zero attached hydrogens (tertiary/aromatic N) is 3. The third-order valence-electron chi connectivity index (χ3n) is 6.49. The molecule has 0 aliphatic carbocycles. The van der Waals surface area contributed by atoms with Gasteiger partial charge in [-0.1, -0.05) is 48.2 Å². The van der Waals surface area contributed by atoms with Crippen molar-refractivity contribution in [3.8, 4) is 11.5 Å². The van der Waals surface area contributed by atoms with Gasteiger partial charge >= 0.3 is 5.97 Å². The number of hydrogen-bond donors (Lipinski definition) is 1. The van der Waals surface area contributed by atoms with Crippen molar-refractivity contribution in [2.24, 2.45) is 4.99 Å². The zero-order valence-electron chi connectivity index (χ0n) is 23.2. The molecule has 0 radical (unpaired) electrons. The Hall–Kier alpha value is -4.37. The van der Waals surface area contributed by atoms with Crippen LogP contribution < -0.4 is 10.1 Å². The van der Waals surface area contributed by atoms with Crippen LogP contribution >= 0.6 is 11.8 Å². The van der Waals surface area contributed by atoms with Crippen LogP contribution in [-0.2, 0) is 20.7 Å². The molecule has 8 nitrogen and oxygen atoms in total. The van der Waals surface area contributed by atoms with Gasteiger partial charge in [0.2, 0.25) is 5.91 Å². The summed E-state index contributed by atoms with van der Waals surface area (Å²) in [7, 11) is 0. The van der Waals surface area contributed by atoms with Crippen molar-refractivity contribution < 1.29 is 19.1 Å². The quantitative estimate of drug-likeness (QED) is 0.293. The fraction of sp³-hybridized carbons (Fsp3) is 0.250. The average molecular weight is 569 g/mol. The highest BCUT2D eigenvalue weighted by molar-refractivity contribution is 8.16. The standard InChI is InChI=1S/C32H32N4O4S/c1-21(2)39-31(38)29-22(3)35-32-36(25(20-41-32)19-28(37)34-17-15-24-11-7-8-16-33-24)30(29)23-10-9-14-27(18-23)40-26-12-5-4-6-13-26/h4-14,16,18,20-21,30H,15,17,19H2,1-3H3,(H,34,37). The van der Waals surface area contributed by atoms with Gasteiger partial charge in [0.1, 0.15) is 11.5 Å². The fourth-order valence-corrected chi connectivity index (χ4v) is 5.66. The number of ether oxygens (including phenoxy) is 2. The Bertz CT molecular complexity index is 1500. The Morgan fingerprint density at radius 2 is 1.80 bits per heavy atom. The van der Waals surface area contributed by atoms with Gasteiger partial charge in [0, 0.05) is 30.6 Å². The number of amides is 1. The molecule has 3 aromatic rings. The van der Waals surface area contributed by atoms with Crippen molar-refractivity contribution in [1.82, 2.24) is 15.2 Å². The normalized spacial score (nSPS) is 16.2. The van der Waals surface area contributed by atoms with Gasteiger partial charge in [-0.2, -0.15) is 0 Å². The van der Waals surface area contributed by atoms with E-state index in [9.17, 15) is 9.59 Å². The highest BCUT2D eigenvalue weighted by atomic mass is 32.2. The maximum atomic E-state index is 13.5. The minimum absolute atomic E-state index is 0.119. The number of carbonyl (C=O) groups is 2. The van der Waals surface area contributed by atoms with Crippen LogP contribution in [0.5, 0.6) is 11.5 Å². The molecule has 5 rings (SSSR count). The number of aromatic nitrogens is 1. The van der Waals surface area contributed by atoms with E-state index in [4.69, 9.17) is 14.5 Å². The molecule has 1 aromatic heterocycles. The van der Waals surface area contributed by atoms with Crippen LogP contribution in [0.1, 0.15) is 44.5 Å². The summed E-state index contributed by atoms with van der Waals surface area (Å²) in [4.78, 5) is 37.5. The number of pyridine rings is 1. The van der Waals surface area contributed by atoms with Crippen molar-refractivity contribution >= 4 is 28.8 Å². The summed E-state index contributed by atoms with van der Waals surface area (Å²) in [6.07, 6.45) is 2.22. The molecule has 0 saturated heterocycles. The van der Waals surface area contributed by atoms with Gasteiger partial charge in [0.05, 0.1) is 29.8 Å². The molecular weight excluding hydrogens is 536 g/mol. The predicted octanol–water partition coefficient (Wildman–Crippen LogP) is 6.15. The summed E-state index contributed by atoms with van der Waals surface area (Å²) in [5, 5.41) is 5.63. The summed E-state index contributed by atoms with van der Waals surface area (Å²) in [5.74, 6) is 0.792. The monoisotopic (exact) mass is 568 g/mol. The molecule has 3 heterocycles. The predicted molar refractivity (Wildman–Crippen MR) is 160 cm³/mol. The second-order valence-corrected chi connectivity index (χ2v) is 10.8. The van der Waals surface area contributed by atoms with E-state index in [0.29, 0.717) is 40.9 Å². The van der Waals surface area contributed by atoms with Crippen molar-refractivity contribution in [3.05, 3.63) is 113 Å². The van der Waals surface area contributed by atoms with Gasteiger partial charge < -0.3 is 19.7 Å². The van der Waals surface area contributed by atoms with Gasteiger partial charge in [-0.05, 0) is 68.1 Å². The minimum Gasteiger partial charge on any atom is -0.459 e. The average Bonchev–Trinajstić information content (AvgIpc) is 3.34. The van der Waals surface area contributed by atoms with Crippen LogP contribution in [0.15, 0.2) is 106 Å². The van der Waals surface area contributed by atoms with Crippen LogP contribution in [0.25, 0.3) is 0 Å². The first kappa shape index (κ1) is 28.2. The fourth-order valence-electron chi connectivity index (χ4n) is 4.70. The van der Waals surface area contributed by atoms with E-state index < -0.39 is 12.0 Å². The van der Waals surface area contributed by atoms with Gasteiger partial charge in [-0.25, -0.2) is 9.79 Å². The molecule has 0 fully saturated rings. The number of carbonyl (C=O) groups excluding carboxylic acids is 2. The van der Waals surface area contributed by atoms with E-state index in [1.165, 1.54) is 11.8 Å². The second-order valence-electron chi connectivity index (χ2n) is 9.93. The lowest BCUT2D eigenvalue weighted by molar-refractivity contribution is -0.143. The summed E-state index contributed by atoms with van der Waals surface area (Å²) in [6.45, 7) is 5.94. The Kier molecular flexibility index (Phi) is 8.84. The van der Waals surface area contributed by atoms with Gasteiger partial charge in [-0.3, -0.25) is 9.78 Å². The van der Waals surface area contributed by atoms with E-state index in [1.807, 2.05) is 104 Å². The molecule has 9 heteroatoms. The number of benzene rings is 2. The van der Waals surface area contributed by atoms with E-state index in [0.717, 1.165) is 17.0 Å². The molecule has 0 saturated carbocycles. The van der Waals surface area contributed by atoms with E-state index in [-0.39, 0.29) is 18.4 Å². The number of amidine groups is 1. The number of hydrogen-bond acceptors (Lipinski definition) is 8. The van der Waals surface area contributed by atoms with Crippen LogP contribution in [-0.4, -0.2) is 39.6 Å². The van der Waals surface area contributed by atoms with Gasteiger partial charge in [0.25, 0.3) is 0 Å². The molecule has 2 aliphatic heterocycles. The minimum atomic E-state index is -0.546. The van der Waals surface area contributed by atoms with Crippen LogP contribution in [0.4, 0.5) is 0 Å². The highest BCUT2D eigenvalue weighted by Crippen LogP contribution is 2.45. The number of esters is 1. The first-order valence-electron chi connectivity index (χ1n) is 13.5. The molecule has 0 spiro atoms. The number of thioether (sulfide) groups is 1. The van der Waals surface area contributed by atoms with E-state index in [1.54, 1.807) is 6.20 Å². The van der Waals surface area contributed by atoms with Crippen LogP contribution in [0.2, 0.25) is 0 Å². The van der Waals surface area contributed by atoms with Crippen molar-refractivity contribution in [3.63, 3.8) is 0 Å². The van der Waals surface area contributed by atoms with Crippen LogP contribution in [0.3, 0.4) is 0 Å². The van der Waals surface area contributed by atoms with Crippen molar-refractivity contribution in [1.29, 1.82) is 0 Å². The Morgan fingerprint density at radius 1 is 1.02 bits per heavy atom. The number of allylic oxidation sites excluding steroid dienone is 1. The zero-order valence-corrected chi connectivity index (χ0v) is 24.1. The largest absolute Gasteiger partial charge is 0.459 e. The third kappa shape index (κ3) is 6.86. The van der Waals surface area contributed by atoms with Crippen molar-refractivity contribution in [2.45, 2.75) is 45.8 Å². The van der Waals surface area contributed by atoms with E-state index in [2.05, 4.69) is 10.3 Å². The Morgan fingerprint density at radius 3 is 2.56 bits per heavy atom. The number of nitrogens with one attached hydrogen (secondary N) is 1. The molecule has 1 amide bonds. The first-order valence-corrected chi connectivity index (χ1v) is 14.4. The molecule has 0 bridgehead atoms. The Labute approximate surface area is 244 Å². The number of para-hydroxylation sites is 1. The molecule has 1 atom stereocenters. The summed E-state index contributed by atoms with van der Waals surface area (Å²) < 4.78 is 11.8. The second kappa shape index (κ2) is 12.9. The maximum Gasteiger partial charge on any atom is 0.338 e. The summed E-state index contributed by atoms with van der Waals surface area (Å²) >= 11 is 1.44. The van der Waals surface area contributed by atoms with Crippen LogP contribution in [0, 0.1) is 0 Å².